The fourth-order valence-electron chi connectivity index (χ4n) is 1.78. The maximum absolute atomic E-state index is 8.69. The van der Waals surface area contributed by atoms with E-state index in [0.717, 1.165) is 25.1 Å². The summed E-state index contributed by atoms with van der Waals surface area (Å²) in [5.41, 5.74) is 2.18. The molecule has 0 aliphatic carbocycles. The van der Waals surface area contributed by atoms with Crippen molar-refractivity contribution < 1.29 is 0 Å². The third-order valence-electron chi connectivity index (χ3n) is 2.69. The summed E-state index contributed by atoms with van der Waals surface area (Å²) in [4.78, 5) is 2.29. The third kappa shape index (κ3) is 3.64. The molecule has 0 unspecified atom stereocenters. The highest BCUT2D eigenvalue weighted by molar-refractivity contribution is 5.63. The van der Waals surface area contributed by atoms with Gasteiger partial charge >= 0.3 is 0 Å². The topological polar surface area (TPSA) is 50.8 Å². The van der Waals surface area contributed by atoms with Crippen molar-refractivity contribution >= 4 is 11.8 Å². The van der Waals surface area contributed by atoms with E-state index in [2.05, 4.69) is 18.7 Å². The van der Waals surface area contributed by atoms with E-state index in [1.54, 1.807) is 6.08 Å². The number of hydrogen-bond donors (Lipinski definition) is 0. The van der Waals surface area contributed by atoms with Crippen molar-refractivity contribution in [2.75, 3.05) is 18.0 Å². The van der Waals surface area contributed by atoms with Gasteiger partial charge in [0.1, 0.15) is 17.7 Å². The van der Waals surface area contributed by atoms with E-state index in [-0.39, 0.29) is 5.57 Å². The van der Waals surface area contributed by atoms with E-state index in [9.17, 15) is 0 Å². The van der Waals surface area contributed by atoms with Crippen LogP contribution in [0.2, 0.25) is 0 Å². The molecule has 18 heavy (non-hydrogen) atoms. The van der Waals surface area contributed by atoms with Crippen LogP contribution in [0.5, 0.6) is 0 Å². The SMILES string of the molecule is CCCN(CC)c1ccc(C=C(C#N)C#N)cc1. The second-order valence-electron chi connectivity index (χ2n) is 3.95. The van der Waals surface area contributed by atoms with Crippen LogP contribution in [0.25, 0.3) is 6.08 Å². The summed E-state index contributed by atoms with van der Waals surface area (Å²) < 4.78 is 0. The predicted octanol–water partition coefficient (Wildman–Crippen LogP) is 3.35. The van der Waals surface area contributed by atoms with Gasteiger partial charge in [-0.2, -0.15) is 10.5 Å². The molecule has 0 aromatic heterocycles. The monoisotopic (exact) mass is 239 g/mol. The Balaban J connectivity index is 2.90. The number of rotatable bonds is 5. The van der Waals surface area contributed by atoms with Gasteiger partial charge in [0, 0.05) is 18.8 Å². The molecule has 0 amide bonds. The zero-order valence-corrected chi connectivity index (χ0v) is 10.8. The Kier molecular flexibility index (Phi) is 5.48. The van der Waals surface area contributed by atoms with Crippen molar-refractivity contribution in [1.82, 2.24) is 0 Å². The summed E-state index contributed by atoms with van der Waals surface area (Å²) in [6, 6.07) is 11.6. The van der Waals surface area contributed by atoms with E-state index in [1.165, 1.54) is 5.69 Å². The standard InChI is InChI=1S/C15H17N3/c1-3-9-18(4-2)15-7-5-13(6-8-15)10-14(11-16)12-17/h5-8,10H,3-4,9H2,1-2H3. The van der Waals surface area contributed by atoms with Crippen LogP contribution in [0, 0.1) is 22.7 Å². The average molecular weight is 239 g/mol. The Hall–Kier alpha value is -2.26. The van der Waals surface area contributed by atoms with Gasteiger partial charge in [-0.3, -0.25) is 0 Å². The van der Waals surface area contributed by atoms with Gasteiger partial charge < -0.3 is 4.90 Å². The smallest absolute Gasteiger partial charge is 0.130 e. The highest BCUT2D eigenvalue weighted by atomic mass is 15.1. The molecule has 0 saturated carbocycles. The molecule has 1 aromatic rings. The minimum atomic E-state index is 0.128. The molecule has 0 spiro atoms. The lowest BCUT2D eigenvalue weighted by atomic mass is 10.1. The zero-order chi connectivity index (χ0) is 13.4. The molecule has 0 aliphatic heterocycles. The van der Waals surface area contributed by atoms with E-state index in [1.807, 2.05) is 36.4 Å². The molecule has 0 saturated heterocycles. The van der Waals surface area contributed by atoms with Crippen LogP contribution in [-0.4, -0.2) is 13.1 Å². The Labute approximate surface area is 109 Å². The van der Waals surface area contributed by atoms with Gasteiger partial charge in [0.05, 0.1) is 0 Å². The molecule has 1 rings (SSSR count). The van der Waals surface area contributed by atoms with E-state index < -0.39 is 0 Å². The van der Waals surface area contributed by atoms with E-state index in [0.29, 0.717) is 0 Å². The number of nitrogens with zero attached hydrogens (tertiary/aromatic N) is 3. The number of benzene rings is 1. The Morgan fingerprint density at radius 2 is 1.78 bits per heavy atom. The summed E-state index contributed by atoms with van der Waals surface area (Å²) in [7, 11) is 0. The lowest BCUT2D eigenvalue weighted by molar-refractivity contribution is 0.792. The molecular formula is C15H17N3. The van der Waals surface area contributed by atoms with Crippen molar-refractivity contribution in [1.29, 1.82) is 10.5 Å². The lowest BCUT2D eigenvalue weighted by Crippen LogP contribution is -2.23. The molecule has 0 fully saturated rings. The Bertz CT molecular complexity index is 470. The summed E-state index contributed by atoms with van der Waals surface area (Å²) in [6.07, 6.45) is 2.71. The van der Waals surface area contributed by atoms with Crippen LogP contribution in [0.1, 0.15) is 25.8 Å². The first-order chi connectivity index (χ1) is 8.74. The largest absolute Gasteiger partial charge is 0.372 e. The molecular weight excluding hydrogens is 222 g/mol. The number of anilines is 1. The molecule has 0 N–H and O–H groups in total. The first-order valence-corrected chi connectivity index (χ1v) is 6.12. The maximum Gasteiger partial charge on any atom is 0.130 e. The van der Waals surface area contributed by atoms with Gasteiger partial charge in [-0.05, 0) is 37.1 Å². The first kappa shape index (κ1) is 13.8. The lowest BCUT2D eigenvalue weighted by Gasteiger charge is -2.22. The molecule has 3 heteroatoms. The molecule has 0 radical (unpaired) electrons. The summed E-state index contributed by atoms with van der Waals surface area (Å²) in [6.45, 7) is 6.30. The first-order valence-electron chi connectivity index (χ1n) is 6.12. The maximum atomic E-state index is 8.69. The van der Waals surface area contributed by atoms with Gasteiger partial charge in [0.2, 0.25) is 0 Å². The minimum Gasteiger partial charge on any atom is -0.372 e. The Morgan fingerprint density at radius 1 is 1.17 bits per heavy atom. The summed E-state index contributed by atoms with van der Waals surface area (Å²) >= 11 is 0. The molecule has 1 aromatic carbocycles. The summed E-state index contributed by atoms with van der Waals surface area (Å²) in [5, 5.41) is 17.4. The normalized spacial score (nSPS) is 9.11. The van der Waals surface area contributed by atoms with E-state index >= 15 is 0 Å². The number of hydrogen-bond acceptors (Lipinski definition) is 3. The number of allylic oxidation sites excluding steroid dienone is 1. The van der Waals surface area contributed by atoms with E-state index in [4.69, 9.17) is 10.5 Å². The second kappa shape index (κ2) is 7.14. The highest BCUT2D eigenvalue weighted by Gasteiger charge is 2.02. The van der Waals surface area contributed by atoms with Gasteiger partial charge in [-0.1, -0.05) is 19.1 Å². The molecule has 0 heterocycles. The fraction of sp³-hybridized carbons (Fsp3) is 0.333. The van der Waals surface area contributed by atoms with Crippen LogP contribution in [0.3, 0.4) is 0 Å². The average Bonchev–Trinajstić information content (AvgIpc) is 2.43. The van der Waals surface area contributed by atoms with Gasteiger partial charge in [-0.25, -0.2) is 0 Å². The fourth-order valence-corrected chi connectivity index (χ4v) is 1.78. The number of nitriles is 2. The van der Waals surface area contributed by atoms with Crippen LogP contribution in [0.15, 0.2) is 29.8 Å². The van der Waals surface area contributed by atoms with Crippen molar-refractivity contribution in [3.8, 4) is 12.1 Å². The van der Waals surface area contributed by atoms with Gasteiger partial charge in [0.25, 0.3) is 0 Å². The second-order valence-corrected chi connectivity index (χ2v) is 3.95. The molecule has 0 bridgehead atoms. The summed E-state index contributed by atoms with van der Waals surface area (Å²) in [5.74, 6) is 0. The minimum absolute atomic E-state index is 0.128. The third-order valence-corrected chi connectivity index (χ3v) is 2.69. The Morgan fingerprint density at radius 3 is 2.22 bits per heavy atom. The van der Waals surface area contributed by atoms with Crippen LogP contribution in [-0.2, 0) is 0 Å². The molecule has 0 aliphatic rings. The predicted molar refractivity (Wildman–Crippen MR) is 73.8 cm³/mol. The highest BCUT2D eigenvalue weighted by Crippen LogP contribution is 2.17. The van der Waals surface area contributed by atoms with Gasteiger partial charge in [0.15, 0.2) is 0 Å². The quantitative estimate of drug-likeness (QED) is 0.740. The van der Waals surface area contributed by atoms with Crippen LogP contribution in [0.4, 0.5) is 5.69 Å². The van der Waals surface area contributed by atoms with Crippen LogP contribution < -0.4 is 4.90 Å². The van der Waals surface area contributed by atoms with Crippen molar-refractivity contribution in [3.05, 3.63) is 35.4 Å². The van der Waals surface area contributed by atoms with Crippen molar-refractivity contribution in [2.24, 2.45) is 0 Å². The molecule has 0 atom stereocenters. The van der Waals surface area contributed by atoms with Crippen molar-refractivity contribution in [2.45, 2.75) is 20.3 Å². The molecule has 3 nitrogen and oxygen atoms in total. The van der Waals surface area contributed by atoms with Crippen molar-refractivity contribution in [3.63, 3.8) is 0 Å². The molecule has 92 valence electrons. The zero-order valence-electron chi connectivity index (χ0n) is 10.8. The van der Waals surface area contributed by atoms with Crippen LogP contribution >= 0.6 is 0 Å². The van der Waals surface area contributed by atoms with Gasteiger partial charge in [-0.15, -0.1) is 0 Å².